The van der Waals surface area contributed by atoms with Gasteiger partial charge in [-0.15, -0.1) is 9.24 Å². The Morgan fingerprint density at radius 3 is 2.26 bits per heavy atom. The third-order valence-electron chi connectivity index (χ3n) is 7.38. The van der Waals surface area contributed by atoms with Crippen molar-refractivity contribution in [2.45, 2.75) is 70.3 Å². The van der Waals surface area contributed by atoms with Gasteiger partial charge in [-0.2, -0.15) is 0 Å². The molecule has 2 atom stereocenters. The molecule has 35 heavy (non-hydrogen) atoms. The maximum absolute atomic E-state index is 14.6. The number of benzene rings is 3. The van der Waals surface area contributed by atoms with Crippen molar-refractivity contribution < 1.29 is 19.0 Å². The number of fused-ring (bicyclic) bond motifs is 1. The van der Waals surface area contributed by atoms with Crippen LogP contribution in [0.1, 0.15) is 80.7 Å². The molecule has 0 saturated carbocycles. The van der Waals surface area contributed by atoms with Crippen LogP contribution in [0, 0.1) is 5.82 Å². The highest BCUT2D eigenvalue weighted by Crippen LogP contribution is 2.46. The van der Waals surface area contributed by atoms with E-state index in [4.69, 9.17) is 4.74 Å². The number of aliphatic carboxylic acids is 1. The number of rotatable bonds is 7. The lowest BCUT2D eigenvalue weighted by molar-refractivity contribution is -0.137. The lowest BCUT2D eigenvalue weighted by Crippen LogP contribution is -2.33. The third-order valence-corrected chi connectivity index (χ3v) is 7.74. The first kappa shape index (κ1) is 25.4. The molecular formula is C30H34FO3P. The minimum atomic E-state index is -0.969. The molecule has 0 amide bonds. The van der Waals surface area contributed by atoms with Crippen molar-refractivity contribution in [2.75, 3.05) is 0 Å². The molecule has 2 unspecified atom stereocenters. The Balaban J connectivity index is 1.52. The Kier molecular flexibility index (Phi) is 7.06. The molecule has 5 heteroatoms. The van der Waals surface area contributed by atoms with Crippen LogP contribution < -0.4 is 10.0 Å². The molecule has 1 N–H and O–H groups in total. The van der Waals surface area contributed by atoms with Gasteiger partial charge in [-0.3, -0.25) is 4.79 Å². The molecule has 4 rings (SSSR count). The van der Waals surface area contributed by atoms with Gasteiger partial charge in [0.25, 0.3) is 0 Å². The maximum atomic E-state index is 14.6. The molecule has 0 spiro atoms. The predicted molar refractivity (Wildman–Crippen MR) is 142 cm³/mol. The van der Waals surface area contributed by atoms with Crippen LogP contribution in [0.5, 0.6) is 5.75 Å². The fraction of sp³-hybridized carbons (Fsp3) is 0.367. The van der Waals surface area contributed by atoms with Crippen LogP contribution in [0.2, 0.25) is 0 Å². The van der Waals surface area contributed by atoms with Crippen LogP contribution in [0.4, 0.5) is 4.39 Å². The van der Waals surface area contributed by atoms with Crippen molar-refractivity contribution in [2.24, 2.45) is 0 Å². The van der Waals surface area contributed by atoms with Crippen LogP contribution in [-0.4, -0.2) is 11.1 Å². The molecule has 0 aliphatic heterocycles. The quantitative estimate of drug-likeness (QED) is 0.367. The van der Waals surface area contributed by atoms with Crippen molar-refractivity contribution in [3.8, 4) is 5.75 Å². The zero-order valence-electron chi connectivity index (χ0n) is 20.9. The number of carboxylic acid groups (broad SMARTS) is 1. The Bertz CT molecular complexity index is 1230. The van der Waals surface area contributed by atoms with Crippen LogP contribution in [-0.2, 0) is 22.2 Å². The summed E-state index contributed by atoms with van der Waals surface area (Å²) in [6.07, 6.45) is 2.16. The van der Waals surface area contributed by atoms with E-state index in [9.17, 15) is 14.3 Å². The van der Waals surface area contributed by atoms with Crippen LogP contribution >= 0.6 is 9.24 Å². The Morgan fingerprint density at radius 2 is 1.63 bits per heavy atom. The number of carbonyl (C=O) groups is 1. The van der Waals surface area contributed by atoms with Crippen molar-refractivity contribution in [1.29, 1.82) is 0 Å². The van der Waals surface area contributed by atoms with Gasteiger partial charge in [0.05, 0.1) is 6.42 Å². The van der Waals surface area contributed by atoms with Gasteiger partial charge in [0.1, 0.15) is 18.2 Å². The first-order chi connectivity index (χ1) is 16.5. The first-order valence-electron chi connectivity index (χ1n) is 12.1. The summed E-state index contributed by atoms with van der Waals surface area (Å²) in [5, 5.41) is 10.1. The highest BCUT2D eigenvalue weighted by molar-refractivity contribution is 7.27. The van der Waals surface area contributed by atoms with Gasteiger partial charge in [0.2, 0.25) is 0 Å². The normalized spacial score (nSPS) is 16.9. The molecule has 0 bridgehead atoms. The van der Waals surface area contributed by atoms with E-state index in [0.717, 1.165) is 22.9 Å². The summed E-state index contributed by atoms with van der Waals surface area (Å²) in [6, 6.07) is 18.9. The molecule has 3 nitrogen and oxygen atoms in total. The average molecular weight is 493 g/mol. The lowest BCUT2D eigenvalue weighted by atomic mass is 9.63. The molecule has 0 aromatic heterocycles. The molecule has 0 fully saturated rings. The summed E-state index contributed by atoms with van der Waals surface area (Å²) in [6.45, 7) is 9.71. The molecule has 3 aromatic carbocycles. The summed E-state index contributed by atoms with van der Waals surface area (Å²) in [4.78, 5) is 11.5. The highest BCUT2D eigenvalue weighted by atomic mass is 31.0. The number of halogens is 1. The van der Waals surface area contributed by atoms with E-state index < -0.39 is 17.7 Å². The molecule has 1 aliphatic carbocycles. The Labute approximate surface area is 209 Å². The Morgan fingerprint density at radius 1 is 0.971 bits per heavy atom. The summed E-state index contributed by atoms with van der Waals surface area (Å²) >= 11 is 0. The number of ether oxygens (including phenoxy) is 1. The topological polar surface area (TPSA) is 46.5 Å². The monoisotopic (exact) mass is 492 g/mol. The first-order valence-corrected chi connectivity index (χ1v) is 12.7. The van der Waals surface area contributed by atoms with E-state index in [1.54, 1.807) is 12.1 Å². The molecule has 184 valence electrons. The second kappa shape index (κ2) is 9.74. The van der Waals surface area contributed by atoms with E-state index in [1.165, 1.54) is 23.6 Å². The van der Waals surface area contributed by atoms with E-state index in [2.05, 4.69) is 55.1 Å². The van der Waals surface area contributed by atoms with E-state index in [1.807, 2.05) is 24.3 Å². The molecule has 0 radical (unpaired) electrons. The minimum absolute atomic E-state index is 0.144. The lowest BCUT2D eigenvalue weighted by Gasteiger charge is -2.42. The smallest absolute Gasteiger partial charge is 0.304 e. The second-order valence-corrected chi connectivity index (χ2v) is 11.6. The summed E-state index contributed by atoms with van der Waals surface area (Å²) in [7, 11) is 2.46. The van der Waals surface area contributed by atoms with Crippen LogP contribution in [0.15, 0.2) is 60.7 Å². The minimum Gasteiger partial charge on any atom is -0.489 e. The van der Waals surface area contributed by atoms with Crippen molar-refractivity contribution in [3.05, 3.63) is 94.3 Å². The number of hydrogen-bond donors (Lipinski definition) is 1. The molecular weight excluding hydrogens is 458 g/mol. The largest absolute Gasteiger partial charge is 0.489 e. The third kappa shape index (κ3) is 5.59. The highest BCUT2D eigenvalue weighted by Gasteiger charge is 2.36. The second-order valence-electron chi connectivity index (χ2n) is 10.9. The van der Waals surface area contributed by atoms with Gasteiger partial charge in [0.15, 0.2) is 0 Å². The maximum Gasteiger partial charge on any atom is 0.304 e. The zero-order valence-corrected chi connectivity index (χ0v) is 22.1. The SMILES string of the molecule is CC1(C)CCC(C)(C)c2cc(COc3ccc(C(CC(=O)O)c4ccc(P)cc4F)cc3)ccc21. The van der Waals surface area contributed by atoms with Gasteiger partial charge >= 0.3 is 5.97 Å². The number of hydrogen-bond acceptors (Lipinski definition) is 2. The van der Waals surface area contributed by atoms with Gasteiger partial charge in [-0.1, -0.05) is 70.2 Å². The fourth-order valence-electron chi connectivity index (χ4n) is 5.10. The molecule has 1 aliphatic rings. The summed E-state index contributed by atoms with van der Waals surface area (Å²) in [5.74, 6) is -1.25. The number of carboxylic acids is 1. The van der Waals surface area contributed by atoms with Crippen molar-refractivity contribution >= 4 is 20.5 Å². The van der Waals surface area contributed by atoms with Crippen molar-refractivity contribution in [1.82, 2.24) is 0 Å². The Hall–Kier alpha value is -2.71. The molecule has 0 heterocycles. The van der Waals surface area contributed by atoms with E-state index >= 15 is 0 Å². The van der Waals surface area contributed by atoms with Gasteiger partial charge in [-0.05, 0) is 75.0 Å². The van der Waals surface area contributed by atoms with E-state index in [-0.39, 0.29) is 17.3 Å². The summed E-state index contributed by atoms with van der Waals surface area (Å²) < 4.78 is 20.7. The standard InChI is InChI=1S/C30H34FO3P/c1-29(2)13-14-30(3,4)26-15-19(5-12-25(26)29)18-34-21-8-6-20(7-9-21)24(17-28(32)33)23-11-10-22(35)16-27(23)31/h5-12,15-16,24H,13-14,17-18,35H2,1-4H3,(H,32,33). The van der Waals surface area contributed by atoms with Gasteiger partial charge in [-0.25, -0.2) is 4.39 Å². The van der Waals surface area contributed by atoms with Gasteiger partial charge in [0, 0.05) is 5.92 Å². The average Bonchev–Trinajstić information content (AvgIpc) is 2.80. The summed E-state index contributed by atoms with van der Waals surface area (Å²) in [5.41, 5.74) is 5.41. The van der Waals surface area contributed by atoms with Gasteiger partial charge < -0.3 is 9.84 Å². The van der Waals surface area contributed by atoms with Crippen LogP contribution in [0.3, 0.4) is 0 Å². The molecule has 0 saturated heterocycles. The van der Waals surface area contributed by atoms with Crippen molar-refractivity contribution in [3.63, 3.8) is 0 Å². The zero-order chi connectivity index (χ0) is 25.4. The van der Waals surface area contributed by atoms with Crippen LogP contribution in [0.25, 0.3) is 0 Å². The fourth-order valence-corrected chi connectivity index (χ4v) is 5.34. The predicted octanol–water partition coefficient (Wildman–Crippen LogP) is 6.86. The van der Waals surface area contributed by atoms with E-state index in [0.29, 0.717) is 17.9 Å². The molecule has 3 aromatic rings.